The molecule has 0 radical (unpaired) electrons. The van der Waals surface area contributed by atoms with Crippen LogP contribution in [0, 0.1) is 0 Å². The molecule has 0 saturated carbocycles. The molecule has 0 spiro atoms. The van der Waals surface area contributed by atoms with E-state index in [0.29, 0.717) is 6.54 Å². The standard InChI is InChI=1S/C5H9F2NO.ClH/c6-5(7)4-1-3(9)2-8-4;/h3-5,8-9H,1-2H2;1H. The molecule has 1 aliphatic heterocycles. The first-order valence-corrected chi connectivity index (χ1v) is 2.89. The van der Waals surface area contributed by atoms with Gasteiger partial charge in [0, 0.05) is 6.54 Å². The Balaban J connectivity index is 0.000000810. The smallest absolute Gasteiger partial charge is 0.253 e. The minimum absolute atomic E-state index is 0. The van der Waals surface area contributed by atoms with E-state index in [-0.39, 0.29) is 18.8 Å². The quantitative estimate of drug-likeness (QED) is 0.602. The average Bonchev–Trinajstić information content (AvgIpc) is 2.14. The largest absolute Gasteiger partial charge is 0.392 e. The zero-order valence-corrected chi connectivity index (χ0v) is 6.07. The van der Waals surface area contributed by atoms with Gasteiger partial charge in [0.15, 0.2) is 0 Å². The number of rotatable bonds is 1. The number of halogens is 3. The molecule has 1 rings (SSSR count). The van der Waals surface area contributed by atoms with Crippen molar-refractivity contribution in [2.24, 2.45) is 0 Å². The van der Waals surface area contributed by atoms with Crippen molar-refractivity contribution < 1.29 is 13.9 Å². The average molecular weight is 174 g/mol. The number of hydrogen-bond acceptors (Lipinski definition) is 2. The van der Waals surface area contributed by atoms with Crippen LogP contribution in [0.2, 0.25) is 0 Å². The number of β-amino-alcohol motifs (C(OH)–C–C–N with tert-alkyl or cyclic N) is 1. The topological polar surface area (TPSA) is 32.3 Å². The van der Waals surface area contributed by atoms with Crippen LogP contribution in [0.3, 0.4) is 0 Å². The maximum Gasteiger partial charge on any atom is 0.253 e. The molecule has 62 valence electrons. The Labute approximate surface area is 64.0 Å². The summed E-state index contributed by atoms with van der Waals surface area (Å²) < 4.78 is 23.5. The molecule has 10 heavy (non-hydrogen) atoms. The van der Waals surface area contributed by atoms with Crippen LogP contribution >= 0.6 is 12.4 Å². The van der Waals surface area contributed by atoms with Gasteiger partial charge in [0.2, 0.25) is 0 Å². The Morgan fingerprint density at radius 1 is 1.50 bits per heavy atom. The second kappa shape index (κ2) is 4.05. The van der Waals surface area contributed by atoms with Crippen LogP contribution in [-0.4, -0.2) is 30.2 Å². The highest BCUT2D eigenvalue weighted by atomic mass is 35.5. The van der Waals surface area contributed by atoms with Gasteiger partial charge in [0.25, 0.3) is 6.43 Å². The van der Waals surface area contributed by atoms with Gasteiger partial charge in [0.05, 0.1) is 12.1 Å². The summed E-state index contributed by atoms with van der Waals surface area (Å²) in [5, 5.41) is 11.3. The van der Waals surface area contributed by atoms with Crippen molar-refractivity contribution >= 4 is 12.4 Å². The summed E-state index contributed by atoms with van der Waals surface area (Å²) in [5.41, 5.74) is 0. The summed E-state index contributed by atoms with van der Waals surface area (Å²) in [5.74, 6) is 0. The Morgan fingerprint density at radius 3 is 2.30 bits per heavy atom. The molecule has 0 bridgehead atoms. The fourth-order valence-electron chi connectivity index (χ4n) is 0.939. The lowest BCUT2D eigenvalue weighted by atomic mass is 10.2. The number of hydrogen-bond donors (Lipinski definition) is 2. The van der Waals surface area contributed by atoms with Gasteiger partial charge in [-0.15, -0.1) is 12.4 Å². The summed E-state index contributed by atoms with van der Waals surface area (Å²) in [4.78, 5) is 0. The Morgan fingerprint density at radius 2 is 2.10 bits per heavy atom. The van der Waals surface area contributed by atoms with Gasteiger partial charge in [0.1, 0.15) is 0 Å². The molecule has 2 atom stereocenters. The van der Waals surface area contributed by atoms with Crippen LogP contribution in [0.5, 0.6) is 0 Å². The van der Waals surface area contributed by atoms with E-state index in [0.717, 1.165) is 0 Å². The molecule has 0 aromatic carbocycles. The lowest BCUT2D eigenvalue weighted by Crippen LogP contribution is -2.28. The predicted molar refractivity (Wildman–Crippen MR) is 35.7 cm³/mol. The first kappa shape index (κ1) is 10.1. The van der Waals surface area contributed by atoms with Gasteiger partial charge in [-0.1, -0.05) is 0 Å². The van der Waals surface area contributed by atoms with E-state index in [1.54, 1.807) is 0 Å². The molecule has 0 amide bonds. The first-order chi connectivity index (χ1) is 4.20. The Kier molecular flexibility index (Phi) is 4.08. The predicted octanol–water partition coefficient (Wildman–Crippen LogP) is 0.396. The van der Waals surface area contributed by atoms with Gasteiger partial charge in [-0.25, -0.2) is 8.78 Å². The highest BCUT2D eigenvalue weighted by Gasteiger charge is 2.28. The fourth-order valence-corrected chi connectivity index (χ4v) is 0.939. The monoisotopic (exact) mass is 173 g/mol. The van der Waals surface area contributed by atoms with Crippen molar-refractivity contribution in [1.82, 2.24) is 5.32 Å². The number of aliphatic hydroxyl groups excluding tert-OH is 1. The summed E-state index contributed by atoms with van der Waals surface area (Å²) in [6.07, 6.45) is -2.75. The van der Waals surface area contributed by atoms with Gasteiger partial charge in [-0.2, -0.15) is 0 Å². The molecule has 2 unspecified atom stereocenters. The third-order valence-electron chi connectivity index (χ3n) is 1.45. The lowest BCUT2D eigenvalue weighted by Gasteiger charge is -2.05. The van der Waals surface area contributed by atoms with Crippen molar-refractivity contribution in [2.75, 3.05) is 6.54 Å². The molecular weight excluding hydrogens is 164 g/mol. The maximum absolute atomic E-state index is 11.7. The SMILES string of the molecule is Cl.OC1CNC(C(F)F)C1. The molecule has 2 N–H and O–H groups in total. The summed E-state index contributed by atoms with van der Waals surface area (Å²) >= 11 is 0. The molecule has 2 nitrogen and oxygen atoms in total. The van der Waals surface area contributed by atoms with E-state index >= 15 is 0 Å². The van der Waals surface area contributed by atoms with E-state index in [2.05, 4.69) is 5.32 Å². The number of alkyl halides is 2. The third kappa shape index (κ3) is 2.36. The molecule has 1 fully saturated rings. The minimum atomic E-state index is -2.35. The fraction of sp³-hybridized carbons (Fsp3) is 1.00. The molecule has 1 heterocycles. The summed E-state index contributed by atoms with van der Waals surface area (Å²) in [6.45, 7) is 0.301. The Hall–Kier alpha value is 0.0700. The molecule has 0 aromatic rings. The second-order valence-electron chi connectivity index (χ2n) is 2.24. The van der Waals surface area contributed by atoms with Gasteiger partial charge in [-0.05, 0) is 6.42 Å². The van der Waals surface area contributed by atoms with Crippen molar-refractivity contribution in [3.8, 4) is 0 Å². The summed E-state index contributed by atoms with van der Waals surface area (Å²) in [7, 11) is 0. The van der Waals surface area contributed by atoms with Crippen molar-refractivity contribution in [2.45, 2.75) is 25.0 Å². The molecule has 0 aromatic heterocycles. The van der Waals surface area contributed by atoms with Gasteiger partial charge < -0.3 is 10.4 Å². The lowest BCUT2D eigenvalue weighted by molar-refractivity contribution is 0.0986. The van der Waals surface area contributed by atoms with Crippen LogP contribution in [0.4, 0.5) is 8.78 Å². The van der Waals surface area contributed by atoms with E-state index < -0.39 is 18.6 Å². The molecular formula is C5H10ClF2NO. The van der Waals surface area contributed by atoms with Gasteiger partial charge in [-0.3, -0.25) is 0 Å². The normalized spacial score (nSPS) is 32.4. The minimum Gasteiger partial charge on any atom is -0.392 e. The molecule has 1 aliphatic rings. The zero-order chi connectivity index (χ0) is 6.85. The van der Waals surface area contributed by atoms with E-state index in [1.807, 2.05) is 0 Å². The maximum atomic E-state index is 11.7. The highest BCUT2D eigenvalue weighted by Crippen LogP contribution is 2.12. The van der Waals surface area contributed by atoms with E-state index in [1.165, 1.54) is 0 Å². The van der Waals surface area contributed by atoms with E-state index in [4.69, 9.17) is 5.11 Å². The van der Waals surface area contributed by atoms with Crippen molar-refractivity contribution in [3.63, 3.8) is 0 Å². The molecule has 0 aliphatic carbocycles. The third-order valence-corrected chi connectivity index (χ3v) is 1.45. The number of aliphatic hydroxyl groups is 1. The highest BCUT2D eigenvalue weighted by molar-refractivity contribution is 5.85. The second-order valence-corrected chi connectivity index (χ2v) is 2.24. The van der Waals surface area contributed by atoms with Crippen LogP contribution in [-0.2, 0) is 0 Å². The van der Waals surface area contributed by atoms with Crippen LogP contribution in [0.15, 0.2) is 0 Å². The summed E-state index contributed by atoms with van der Waals surface area (Å²) in [6, 6.07) is -0.792. The number of nitrogens with one attached hydrogen (secondary N) is 1. The van der Waals surface area contributed by atoms with Crippen LogP contribution < -0.4 is 5.32 Å². The molecule has 1 saturated heterocycles. The first-order valence-electron chi connectivity index (χ1n) is 2.89. The zero-order valence-electron chi connectivity index (χ0n) is 5.26. The van der Waals surface area contributed by atoms with Gasteiger partial charge >= 0.3 is 0 Å². The van der Waals surface area contributed by atoms with E-state index in [9.17, 15) is 8.78 Å². The Bertz CT molecular complexity index is 104. The van der Waals surface area contributed by atoms with Crippen molar-refractivity contribution in [1.29, 1.82) is 0 Å². The van der Waals surface area contributed by atoms with Crippen LogP contribution in [0.1, 0.15) is 6.42 Å². The van der Waals surface area contributed by atoms with Crippen molar-refractivity contribution in [3.05, 3.63) is 0 Å². The molecule has 5 heteroatoms. The van der Waals surface area contributed by atoms with Crippen LogP contribution in [0.25, 0.3) is 0 Å².